The number of nitrogens with zero attached hydrogens (tertiary/aromatic N) is 1. The second-order valence-corrected chi connectivity index (χ2v) is 7.09. The van der Waals surface area contributed by atoms with Crippen LogP contribution in [0.25, 0.3) is 11.3 Å². The van der Waals surface area contributed by atoms with Crippen LogP contribution in [0, 0.1) is 0 Å². The molecule has 0 amide bonds. The van der Waals surface area contributed by atoms with Crippen LogP contribution in [0.4, 0.5) is 0 Å². The number of halogens is 1. The zero-order valence-corrected chi connectivity index (χ0v) is 13.2. The van der Waals surface area contributed by atoms with Gasteiger partial charge in [-0.25, -0.2) is 12.7 Å². The topological polar surface area (TPSA) is 70.2 Å². The van der Waals surface area contributed by atoms with Crippen molar-refractivity contribution in [3.8, 4) is 11.3 Å². The zero-order chi connectivity index (χ0) is 15.6. The molecule has 21 heavy (non-hydrogen) atoms. The predicted octanol–water partition coefficient (Wildman–Crippen LogP) is 2.03. The lowest BCUT2D eigenvalue weighted by atomic mass is 10.1. The van der Waals surface area contributed by atoms with Crippen molar-refractivity contribution >= 4 is 21.6 Å². The van der Waals surface area contributed by atoms with Crippen molar-refractivity contribution in [1.29, 1.82) is 0 Å². The van der Waals surface area contributed by atoms with Gasteiger partial charge in [-0.15, -0.1) is 11.6 Å². The summed E-state index contributed by atoms with van der Waals surface area (Å²) < 4.78 is 25.1. The van der Waals surface area contributed by atoms with Crippen LogP contribution in [0.5, 0.6) is 0 Å². The van der Waals surface area contributed by atoms with Crippen molar-refractivity contribution in [1.82, 2.24) is 9.29 Å². The molecule has 0 radical (unpaired) electrons. The third kappa shape index (κ3) is 3.18. The van der Waals surface area contributed by atoms with Crippen LogP contribution in [0.1, 0.15) is 5.56 Å². The molecule has 0 spiro atoms. The highest BCUT2D eigenvalue weighted by molar-refractivity contribution is 7.89. The minimum absolute atomic E-state index is 0.148. The summed E-state index contributed by atoms with van der Waals surface area (Å²) >= 11 is 5.64. The average Bonchev–Trinajstić information content (AvgIpc) is 2.47. The fourth-order valence-electron chi connectivity index (χ4n) is 1.79. The second kappa shape index (κ2) is 6.01. The first-order valence-electron chi connectivity index (χ1n) is 6.17. The smallest absolute Gasteiger partial charge is 0.252 e. The molecule has 0 aliphatic carbocycles. The number of rotatable bonds is 4. The van der Waals surface area contributed by atoms with Gasteiger partial charge in [-0.05, 0) is 23.8 Å². The number of benzene rings is 1. The maximum absolute atomic E-state index is 12.0. The molecule has 2 aromatic rings. The molecule has 1 heterocycles. The molecule has 0 saturated heterocycles. The second-order valence-electron chi connectivity index (χ2n) is 4.67. The first kappa shape index (κ1) is 15.8. The highest BCUT2D eigenvalue weighted by atomic mass is 35.5. The van der Waals surface area contributed by atoms with Crippen molar-refractivity contribution in [2.24, 2.45) is 0 Å². The number of sulfonamides is 1. The van der Waals surface area contributed by atoms with E-state index in [1.807, 2.05) is 0 Å². The number of pyridine rings is 1. The van der Waals surface area contributed by atoms with E-state index < -0.39 is 10.0 Å². The van der Waals surface area contributed by atoms with Crippen LogP contribution in [0.2, 0.25) is 0 Å². The van der Waals surface area contributed by atoms with E-state index >= 15 is 0 Å². The van der Waals surface area contributed by atoms with Crippen molar-refractivity contribution in [2.75, 3.05) is 14.1 Å². The van der Waals surface area contributed by atoms with Crippen molar-refractivity contribution in [2.45, 2.75) is 10.8 Å². The van der Waals surface area contributed by atoms with E-state index in [4.69, 9.17) is 11.6 Å². The summed E-state index contributed by atoms with van der Waals surface area (Å²) in [6, 6.07) is 9.74. The lowest BCUT2D eigenvalue weighted by molar-refractivity contribution is 0.521. The molecule has 2 rings (SSSR count). The maximum Gasteiger partial charge on any atom is 0.252 e. The van der Waals surface area contributed by atoms with E-state index in [-0.39, 0.29) is 16.3 Å². The molecule has 0 unspecified atom stereocenters. The molecule has 0 aliphatic heterocycles. The SMILES string of the molecule is CN(C)S(=O)(=O)c1ccc(-c2ccc(CCl)c(=O)[nH]2)cc1. The molecule has 0 atom stereocenters. The van der Waals surface area contributed by atoms with Crippen LogP contribution in [0.15, 0.2) is 46.1 Å². The van der Waals surface area contributed by atoms with Gasteiger partial charge in [0.25, 0.3) is 5.56 Å². The van der Waals surface area contributed by atoms with Gasteiger partial charge in [0.05, 0.1) is 10.8 Å². The maximum atomic E-state index is 12.0. The Balaban J connectivity index is 2.40. The van der Waals surface area contributed by atoms with Gasteiger partial charge >= 0.3 is 0 Å². The number of alkyl halides is 1. The third-order valence-electron chi connectivity index (χ3n) is 3.08. The van der Waals surface area contributed by atoms with Crippen LogP contribution < -0.4 is 5.56 Å². The van der Waals surface area contributed by atoms with Crippen LogP contribution >= 0.6 is 11.6 Å². The molecule has 0 fully saturated rings. The molecule has 7 heteroatoms. The summed E-state index contributed by atoms with van der Waals surface area (Å²) in [6.07, 6.45) is 0. The summed E-state index contributed by atoms with van der Waals surface area (Å²) in [5, 5.41) is 0. The van der Waals surface area contributed by atoms with Crippen LogP contribution in [-0.4, -0.2) is 31.8 Å². The molecule has 1 aromatic carbocycles. The molecule has 1 N–H and O–H groups in total. The molecular formula is C14H15ClN2O3S. The Morgan fingerprint density at radius 2 is 1.71 bits per heavy atom. The molecule has 112 valence electrons. The zero-order valence-electron chi connectivity index (χ0n) is 11.6. The van der Waals surface area contributed by atoms with Crippen LogP contribution in [-0.2, 0) is 15.9 Å². The molecule has 5 nitrogen and oxygen atoms in total. The van der Waals surface area contributed by atoms with Crippen molar-refractivity contribution in [3.05, 3.63) is 52.3 Å². The van der Waals surface area contributed by atoms with E-state index in [9.17, 15) is 13.2 Å². The Morgan fingerprint density at radius 1 is 1.10 bits per heavy atom. The predicted molar refractivity (Wildman–Crippen MR) is 82.9 cm³/mol. The number of aromatic nitrogens is 1. The normalized spacial score (nSPS) is 11.8. The Kier molecular flexibility index (Phi) is 4.51. The van der Waals surface area contributed by atoms with Gasteiger partial charge in [0.15, 0.2) is 0 Å². The summed E-state index contributed by atoms with van der Waals surface area (Å²) in [6.45, 7) is 0. The first-order valence-corrected chi connectivity index (χ1v) is 8.15. The van der Waals surface area contributed by atoms with E-state index in [1.54, 1.807) is 24.3 Å². The number of H-pyrrole nitrogens is 1. The monoisotopic (exact) mass is 326 g/mol. The van der Waals surface area contributed by atoms with Gasteiger partial charge in [-0.1, -0.05) is 18.2 Å². The highest BCUT2D eigenvalue weighted by Crippen LogP contribution is 2.20. The number of hydrogen-bond donors (Lipinski definition) is 1. The molecular weight excluding hydrogens is 312 g/mol. The molecule has 1 aromatic heterocycles. The number of nitrogens with one attached hydrogen (secondary N) is 1. The van der Waals surface area contributed by atoms with E-state index in [0.717, 1.165) is 9.87 Å². The van der Waals surface area contributed by atoms with Crippen molar-refractivity contribution < 1.29 is 8.42 Å². The minimum Gasteiger partial charge on any atom is -0.322 e. The summed E-state index contributed by atoms with van der Waals surface area (Å²) in [7, 11) is -0.495. The largest absolute Gasteiger partial charge is 0.322 e. The minimum atomic E-state index is -3.45. The lowest BCUT2D eigenvalue weighted by Crippen LogP contribution is -2.22. The van der Waals surface area contributed by atoms with Gasteiger partial charge < -0.3 is 4.98 Å². The van der Waals surface area contributed by atoms with E-state index in [1.165, 1.54) is 26.2 Å². The average molecular weight is 327 g/mol. The Morgan fingerprint density at radius 3 is 2.19 bits per heavy atom. The van der Waals surface area contributed by atoms with Crippen LogP contribution in [0.3, 0.4) is 0 Å². The van der Waals surface area contributed by atoms with Gasteiger partial charge in [0.2, 0.25) is 10.0 Å². The number of hydrogen-bond acceptors (Lipinski definition) is 3. The summed E-state index contributed by atoms with van der Waals surface area (Å²) in [4.78, 5) is 14.6. The Labute approximate surface area is 128 Å². The summed E-state index contributed by atoms with van der Waals surface area (Å²) in [5.74, 6) is 0.148. The summed E-state index contributed by atoms with van der Waals surface area (Å²) in [5.41, 5.74) is 1.59. The van der Waals surface area contributed by atoms with Crippen molar-refractivity contribution in [3.63, 3.8) is 0 Å². The fraction of sp³-hybridized carbons (Fsp3) is 0.214. The van der Waals surface area contributed by atoms with Gasteiger partial charge in [0.1, 0.15) is 0 Å². The number of aromatic amines is 1. The lowest BCUT2D eigenvalue weighted by Gasteiger charge is -2.11. The standard InChI is InChI=1S/C14H15ClN2O3S/c1-17(2)21(19,20)12-6-3-10(4-7-12)13-8-5-11(9-15)14(18)16-13/h3-8H,9H2,1-2H3,(H,16,18). The first-order chi connectivity index (χ1) is 9.86. The Hall–Kier alpha value is -1.63. The van der Waals surface area contributed by atoms with Gasteiger partial charge in [-0.3, -0.25) is 4.79 Å². The third-order valence-corrected chi connectivity index (χ3v) is 5.20. The van der Waals surface area contributed by atoms with Gasteiger partial charge in [-0.2, -0.15) is 0 Å². The van der Waals surface area contributed by atoms with Gasteiger partial charge in [0, 0.05) is 25.4 Å². The molecule has 0 aliphatic rings. The highest BCUT2D eigenvalue weighted by Gasteiger charge is 2.16. The van der Waals surface area contributed by atoms with E-state index in [2.05, 4.69) is 4.98 Å². The Bertz CT molecular complexity index is 796. The fourth-order valence-corrected chi connectivity index (χ4v) is 2.91. The molecule has 0 bridgehead atoms. The van der Waals surface area contributed by atoms with E-state index in [0.29, 0.717) is 11.3 Å². The quantitative estimate of drug-likeness (QED) is 0.874. The molecule has 0 saturated carbocycles.